The predicted molar refractivity (Wildman–Crippen MR) is 111 cm³/mol. The van der Waals surface area contributed by atoms with E-state index < -0.39 is 0 Å². The predicted octanol–water partition coefficient (Wildman–Crippen LogP) is 2.93. The molecule has 0 aliphatic carbocycles. The average Bonchev–Trinajstić information content (AvgIpc) is 2.65. The molecule has 0 aliphatic heterocycles. The Morgan fingerprint density at radius 1 is 1.12 bits per heavy atom. The minimum Gasteiger partial charge on any atom is -0.370 e. The van der Waals surface area contributed by atoms with Crippen molar-refractivity contribution in [2.45, 2.75) is 27.2 Å². The topological polar surface area (TPSA) is 52.5 Å². The minimum absolute atomic E-state index is 0.833. The first kappa shape index (κ1) is 19.8. The maximum absolute atomic E-state index is 4.33. The Balaban J connectivity index is 1.74. The van der Waals surface area contributed by atoms with Crippen molar-refractivity contribution in [3.8, 4) is 0 Å². The lowest BCUT2D eigenvalue weighted by atomic mass is 10.2. The lowest BCUT2D eigenvalue weighted by Crippen LogP contribution is -2.42. The van der Waals surface area contributed by atoms with E-state index in [2.05, 4.69) is 69.7 Å². The third-order valence-corrected chi connectivity index (χ3v) is 4.33. The highest BCUT2D eigenvalue weighted by Gasteiger charge is 2.05. The van der Waals surface area contributed by atoms with Gasteiger partial charge in [-0.15, -0.1) is 0 Å². The van der Waals surface area contributed by atoms with Crippen molar-refractivity contribution < 1.29 is 0 Å². The maximum atomic E-state index is 4.33. The molecule has 0 unspecified atom stereocenters. The lowest BCUT2D eigenvalue weighted by molar-refractivity contribution is 0.746. The van der Waals surface area contributed by atoms with E-state index in [-0.39, 0.29) is 0 Å². The summed E-state index contributed by atoms with van der Waals surface area (Å²) >= 11 is 0. The summed E-state index contributed by atoms with van der Waals surface area (Å²) in [6, 6.07) is 12.8. The van der Waals surface area contributed by atoms with E-state index >= 15 is 0 Å². The molecular formula is C21H31N5. The average molecular weight is 354 g/mol. The van der Waals surface area contributed by atoms with Crippen LogP contribution in [0.1, 0.15) is 23.7 Å². The van der Waals surface area contributed by atoms with Crippen molar-refractivity contribution in [2.75, 3.05) is 38.1 Å². The summed E-state index contributed by atoms with van der Waals surface area (Å²) in [5.74, 6) is 0.838. The van der Waals surface area contributed by atoms with Crippen LogP contribution in [0.5, 0.6) is 0 Å². The summed E-state index contributed by atoms with van der Waals surface area (Å²) in [6.45, 7) is 9.91. The first-order valence-corrected chi connectivity index (χ1v) is 9.30. The number of anilines is 1. The van der Waals surface area contributed by atoms with Crippen molar-refractivity contribution in [1.29, 1.82) is 0 Å². The molecule has 0 aliphatic rings. The van der Waals surface area contributed by atoms with Crippen LogP contribution in [0.25, 0.3) is 0 Å². The van der Waals surface area contributed by atoms with Crippen LogP contribution in [0.4, 0.5) is 5.69 Å². The SMILES string of the molecule is CCN(CCNC(=NC)NCCc1ccc(C)nc1)c1cccc(C)c1. The summed E-state index contributed by atoms with van der Waals surface area (Å²) in [6.07, 6.45) is 2.87. The van der Waals surface area contributed by atoms with Crippen LogP contribution < -0.4 is 15.5 Å². The number of likely N-dealkylation sites (N-methyl/N-ethyl adjacent to an activating group) is 1. The highest BCUT2D eigenvalue weighted by Crippen LogP contribution is 2.14. The van der Waals surface area contributed by atoms with Crippen molar-refractivity contribution in [3.63, 3.8) is 0 Å². The molecule has 0 fully saturated rings. The second kappa shape index (κ2) is 10.4. The summed E-state index contributed by atoms with van der Waals surface area (Å²) < 4.78 is 0. The van der Waals surface area contributed by atoms with Crippen LogP contribution in [-0.2, 0) is 6.42 Å². The van der Waals surface area contributed by atoms with E-state index in [0.29, 0.717) is 0 Å². The summed E-state index contributed by atoms with van der Waals surface area (Å²) in [4.78, 5) is 11.0. The van der Waals surface area contributed by atoms with E-state index in [9.17, 15) is 0 Å². The quantitative estimate of drug-likeness (QED) is 0.566. The number of aliphatic imine (C=N–C) groups is 1. The molecule has 0 spiro atoms. The molecule has 1 aromatic heterocycles. The highest BCUT2D eigenvalue weighted by atomic mass is 15.2. The molecule has 0 radical (unpaired) electrons. The number of rotatable bonds is 8. The molecule has 140 valence electrons. The van der Waals surface area contributed by atoms with Gasteiger partial charge in [0.1, 0.15) is 0 Å². The fourth-order valence-electron chi connectivity index (χ4n) is 2.80. The largest absolute Gasteiger partial charge is 0.370 e. The maximum Gasteiger partial charge on any atom is 0.191 e. The van der Waals surface area contributed by atoms with Gasteiger partial charge in [0.05, 0.1) is 0 Å². The zero-order valence-corrected chi connectivity index (χ0v) is 16.4. The van der Waals surface area contributed by atoms with Gasteiger partial charge in [-0.05, 0) is 56.5 Å². The van der Waals surface area contributed by atoms with Crippen LogP contribution in [0, 0.1) is 13.8 Å². The van der Waals surface area contributed by atoms with Gasteiger partial charge < -0.3 is 15.5 Å². The number of hydrogen-bond donors (Lipinski definition) is 2. The van der Waals surface area contributed by atoms with Crippen LogP contribution in [0.2, 0.25) is 0 Å². The Bertz CT molecular complexity index is 694. The van der Waals surface area contributed by atoms with Crippen molar-refractivity contribution in [1.82, 2.24) is 15.6 Å². The van der Waals surface area contributed by atoms with Crippen LogP contribution in [-0.4, -0.2) is 44.2 Å². The van der Waals surface area contributed by atoms with Gasteiger partial charge in [0, 0.05) is 50.8 Å². The number of nitrogens with zero attached hydrogens (tertiary/aromatic N) is 3. The molecule has 1 aromatic carbocycles. The van der Waals surface area contributed by atoms with Crippen molar-refractivity contribution in [3.05, 3.63) is 59.4 Å². The smallest absolute Gasteiger partial charge is 0.191 e. The molecular weight excluding hydrogens is 322 g/mol. The fraction of sp³-hybridized carbons (Fsp3) is 0.429. The summed E-state index contributed by atoms with van der Waals surface area (Å²) in [7, 11) is 1.81. The van der Waals surface area contributed by atoms with Gasteiger partial charge in [0.25, 0.3) is 0 Å². The van der Waals surface area contributed by atoms with Crippen molar-refractivity contribution >= 4 is 11.6 Å². The zero-order valence-electron chi connectivity index (χ0n) is 16.4. The van der Waals surface area contributed by atoms with Gasteiger partial charge in [-0.25, -0.2) is 0 Å². The van der Waals surface area contributed by atoms with E-state index in [0.717, 1.165) is 44.3 Å². The Hall–Kier alpha value is -2.56. The van der Waals surface area contributed by atoms with Gasteiger partial charge in [-0.3, -0.25) is 9.98 Å². The number of guanidine groups is 1. The molecule has 26 heavy (non-hydrogen) atoms. The van der Waals surface area contributed by atoms with E-state index in [4.69, 9.17) is 0 Å². The second-order valence-electron chi connectivity index (χ2n) is 6.40. The molecule has 2 rings (SSSR count). The van der Waals surface area contributed by atoms with Crippen LogP contribution in [0.3, 0.4) is 0 Å². The van der Waals surface area contributed by atoms with Gasteiger partial charge in [0.2, 0.25) is 0 Å². The lowest BCUT2D eigenvalue weighted by Gasteiger charge is -2.24. The Kier molecular flexibility index (Phi) is 7.93. The molecule has 0 amide bonds. The molecule has 1 heterocycles. The molecule has 2 aromatic rings. The monoisotopic (exact) mass is 353 g/mol. The fourth-order valence-corrected chi connectivity index (χ4v) is 2.80. The number of hydrogen-bond acceptors (Lipinski definition) is 3. The first-order valence-electron chi connectivity index (χ1n) is 9.30. The summed E-state index contributed by atoms with van der Waals surface area (Å²) in [5, 5.41) is 6.76. The summed E-state index contributed by atoms with van der Waals surface area (Å²) in [5.41, 5.74) is 4.84. The minimum atomic E-state index is 0.833. The van der Waals surface area contributed by atoms with E-state index in [1.807, 2.05) is 19.2 Å². The third kappa shape index (κ3) is 6.39. The Morgan fingerprint density at radius 3 is 2.58 bits per heavy atom. The van der Waals surface area contributed by atoms with Crippen LogP contribution in [0.15, 0.2) is 47.6 Å². The molecule has 5 heteroatoms. The van der Waals surface area contributed by atoms with Gasteiger partial charge >= 0.3 is 0 Å². The Morgan fingerprint density at radius 2 is 1.92 bits per heavy atom. The molecule has 0 atom stereocenters. The molecule has 0 saturated carbocycles. The molecule has 2 N–H and O–H groups in total. The number of aromatic nitrogens is 1. The second-order valence-corrected chi connectivity index (χ2v) is 6.40. The zero-order chi connectivity index (χ0) is 18.8. The molecule has 0 saturated heterocycles. The third-order valence-electron chi connectivity index (χ3n) is 4.33. The number of benzene rings is 1. The number of nitrogens with one attached hydrogen (secondary N) is 2. The van der Waals surface area contributed by atoms with Crippen molar-refractivity contribution in [2.24, 2.45) is 4.99 Å². The van der Waals surface area contributed by atoms with Crippen LogP contribution >= 0.6 is 0 Å². The highest BCUT2D eigenvalue weighted by molar-refractivity contribution is 5.79. The standard InChI is InChI=1S/C21H31N5/c1-5-26(20-8-6-7-17(2)15-20)14-13-24-21(22-4)23-12-11-19-10-9-18(3)25-16-19/h6-10,15-16H,5,11-14H2,1-4H3,(H2,22,23,24). The van der Waals surface area contributed by atoms with E-state index in [1.54, 1.807) is 7.05 Å². The van der Waals surface area contributed by atoms with E-state index in [1.165, 1.54) is 16.8 Å². The Labute approximate surface area is 157 Å². The van der Waals surface area contributed by atoms with Gasteiger partial charge in [0.15, 0.2) is 5.96 Å². The molecule has 0 bridgehead atoms. The number of aryl methyl sites for hydroxylation is 2. The van der Waals surface area contributed by atoms with Gasteiger partial charge in [-0.1, -0.05) is 18.2 Å². The molecule has 5 nitrogen and oxygen atoms in total. The normalized spacial score (nSPS) is 11.3. The first-order chi connectivity index (χ1) is 12.6. The van der Waals surface area contributed by atoms with Gasteiger partial charge in [-0.2, -0.15) is 0 Å². The number of pyridine rings is 1.